The van der Waals surface area contributed by atoms with Crippen molar-refractivity contribution >= 4 is 11.9 Å². The fraction of sp³-hybridized carbons (Fsp3) is 0.414. The Labute approximate surface area is 207 Å². The molecule has 3 aromatic rings. The topological polar surface area (TPSA) is 70.4 Å². The van der Waals surface area contributed by atoms with Gasteiger partial charge < -0.3 is 9.47 Å². The first kappa shape index (κ1) is 24.7. The number of aromatic nitrogens is 2. The van der Waals surface area contributed by atoms with Crippen molar-refractivity contribution in [3.63, 3.8) is 0 Å². The summed E-state index contributed by atoms with van der Waals surface area (Å²) in [4.78, 5) is 24.1. The molecule has 1 heterocycles. The molecule has 0 saturated heterocycles. The Balaban J connectivity index is 1.49. The Bertz CT molecular complexity index is 1130. The van der Waals surface area contributed by atoms with Gasteiger partial charge in [0.1, 0.15) is 11.5 Å². The molecule has 0 N–H and O–H groups in total. The summed E-state index contributed by atoms with van der Waals surface area (Å²) < 4.78 is 13.0. The number of aryl methyl sites for hydroxylation is 1. The molecule has 0 unspecified atom stereocenters. The number of benzene rings is 2. The van der Waals surface area contributed by atoms with E-state index in [-0.39, 0.29) is 11.9 Å². The van der Waals surface area contributed by atoms with Crippen molar-refractivity contribution in [1.82, 2.24) is 9.78 Å². The lowest BCUT2D eigenvalue weighted by Gasteiger charge is -2.28. The lowest BCUT2D eigenvalue weighted by molar-refractivity contribution is -0.135. The average Bonchev–Trinajstić information content (AvgIpc) is 3.17. The Kier molecular flexibility index (Phi) is 8.35. The van der Waals surface area contributed by atoms with Gasteiger partial charge in [0.25, 0.3) is 0 Å². The summed E-state index contributed by atoms with van der Waals surface area (Å²) in [5.74, 6) is 0.715. The fourth-order valence-electron chi connectivity index (χ4n) is 4.43. The third-order valence-corrected chi connectivity index (χ3v) is 6.45. The van der Waals surface area contributed by atoms with Crippen LogP contribution in [0.15, 0.2) is 54.6 Å². The molecule has 0 amide bonds. The van der Waals surface area contributed by atoms with E-state index in [0.29, 0.717) is 36.8 Å². The van der Waals surface area contributed by atoms with Gasteiger partial charge in [0, 0.05) is 24.0 Å². The van der Waals surface area contributed by atoms with Gasteiger partial charge in [-0.1, -0.05) is 32.0 Å². The molecule has 0 atom stereocenters. The highest BCUT2D eigenvalue weighted by atomic mass is 16.5. The number of carbonyl (C=O) groups is 2. The first-order valence-electron chi connectivity index (χ1n) is 12.8. The molecule has 1 aliphatic carbocycles. The van der Waals surface area contributed by atoms with Crippen LogP contribution in [0.2, 0.25) is 0 Å². The minimum absolute atomic E-state index is 0.206. The summed E-state index contributed by atoms with van der Waals surface area (Å²) in [7, 11) is 0. The Morgan fingerprint density at radius 2 is 1.57 bits per heavy atom. The second-order valence-electron chi connectivity index (χ2n) is 9.05. The molecule has 1 aliphatic rings. The van der Waals surface area contributed by atoms with E-state index in [0.717, 1.165) is 49.1 Å². The van der Waals surface area contributed by atoms with E-state index in [1.165, 1.54) is 12.0 Å². The molecule has 1 fully saturated rings. The van der Waals surface area contributed by atoms with Gasteiger partial charge in [-0.15, -0.1) is 0 Å². The van der Waals surface area contributed by atoms with Crippen molar-refractivity contribution in [3.05, 3.63) is 65.9 Å². The predicted octanol–water partition coefficient (Wildman–Crippen LogP) is 6.47. The van der Waals surface area contributed by atoms with E-state index in [9.17, 15) is 9.59 Å². The molecule has 35 heavy (non-hydrogen) atoms. The maximum atomic E-state index is 12.3. The number of nitrogens with zero attached hydrogens (tertiary/aromatic N) is 2. The van der Waals surface area contributed by atoms with Crippen molar-refractivity contribution in [2.45, 2.75) is 77.7 Å². The Morgan fingerprint density at radius 1 is 0.914 bits per heavy atom. The molecule has 1 aromatic heterocycles. The van der Waals surface area contributed by atoms with E-state index >= 15 is 0 Å². The van der Waals surface area contributed by atoms with Crippen LogP contribution in [0.5, 0.6) is 11.5 Å². The van der Waals surface area contributed by atoms with Gasteiger partial charge in [0.05, 0.1) is 17.4 Å². The number of hydrogen-bond donors (Lipinski definition) is 0. The van der Waals surface area contributed by atoms with Crippen molar-refractivity contribution < 1.29 is 19.1 Å². The highest BCUT2D eigenvalue weighted by Gasteiger charge is 2.27. The predicted molar refractivity (Wildman–Crippen MR) is 135 cm³/mol. The Hall–Kier alpha value is -3.41. The van der Waals surface area contributed by atoms with E-state index in [4.69, 9.17) is 14.6 Å². The van der Waals surface area contributed by atoms with Crippen LogP contribution in [0.25, 0.3) is 11.3 Å². The number of carbonyl (C=O) groups excluding carboxylic acids is 2. The summed E-state index contributed by atoms with van der Waals surface area (Å²) >= 11 is 0. The zero-order valence-corrected chi connectivity index (χ0v) is 20.7. The van der Waals surface area contributed by atoms with Crippen molar-refractivity contribution in [2.75, 3.05) is 0 Å². The second-order valence-corrected chi connectivity index (χ2v) is 9.05. The SMILES string of the molecule is CCCC(=O)Oc1ccc(-c2c(CC)c(CCCC(=O)Oc3ccccc3)nn2C2CCC2)cc1. The van der Waals surface area contributed by atoms with Gasteiger partial charge in [-0.3, -0.25) is 14.3 Å². The van der Waals surface area contributed by atoms with Gasteiger partial charge in [-0.25, -0.2) is 0 Å². The molecule has 4 rings (SSSR count). The molecular formula is C29H34N2O4. The first-order chi connectivity index (χ1) is 17.1. The van der Waals surface area contributed by atoms with Crippen molar-refractivity contribution in [1.29, 1.82) is 0 Å². The van der Waals surface area contributed by atoms with Crippen LogP contribution in [0, 0.1) is 0 Å². The highest BCUT2D eigenvalue weighted by Crippen LogP contribution is 2.38. The molecule has 1 saturated carbocycles. The maximum absolute atomic E-state index is 12.3. The van der Waals surface area contributed by atoms with E-state index in [1.807, 2.05) is 49.4 Å². The van der Waals surface area contributed by atoms with Crippen molar-refractivity contribution in [2.24, 2.45) is 0 Å². The van der Waals surface area contributed by atoms with E-state index in [1.54, 1.807) is 12.1 Å². The summed E-state index contributed by atoms with van der Waals surface area (Å²) in [6, 6.07) is 17.3. The minimum Gasteiger partial charge on any atom is -0.427 e. The molecular weight excluding hydrogens is 440 g/mol. The lowest BCUT2D eigenvalue weighted by Crippen LogP contribution is -2.19. The zero-order chi connectivity index (χ0) is 24.6. The molecule has 184 valence electrons. The molecule has 6 nitrogen and oxygen atoms in total. The normalized spacial score (nSPS) is 13.3. The van der Waals surface area contributed by atoms with E-state index in [2.05, 4.69) is 11.6 Å². The van der Waals surface area contributed by atoms with Crippen LogP contribution in [-0.2, 0) is 22.4 Å². The molecule has 0 bridgehead atoms. The average molecular weight is 475 g/mol. The molecule has 0 aliphatic heterocycles. The van der Waals surface area contributed by atoms with E-state index < -0.39 is 0 Å². The number of ether oxygens (including phenoxy) is 2. The van der Waals surface area contributed by atoms with Gasteiger partial charge >= 0.3 is 11.9 Å². The van der Waals surface area contributed by atoms with Crippen LogP contribution >= 0.6 is 0 Å². The second kappa shape index (κ2) is 11.8. The van der Waals surface area contributed by atoms with Gasteiger partial charge in [-0.05, 0) is 81.3 Å². The van der Waals surface area contributed by atoms with Crippen LogP contribution in [-0.4, -0.2) is 21.7 Å². The number of para-hydroxylation sites is 1. The zero-order valence-electron chi connectivity index (χ0n) is 20.7. The smallest absolute Gasteiger partial charge is 0.311 e. The minimum atomic E-state index is -0.221. The third-order valence-electron chi connectivity index (χ3n) is 6.45. The number of hydrogen-bond acceptors (Lipinski definition) is 5. The monoisotopic (exact) mass is 474 g/mol. The molecule has 2 aromatic carbocycles. The largest absolute Gasteiger partial charge is 0.427 e. The summed E-state index contributed by atoms with van der Waals surface area (Å²) in [5.41, 5.74) is 4.50. The van der Waals surface area contributed by atoms with Gasteiger partial charge in [0.15, 0.2) is 0 Å². The summed E-state index contributed by atoms with van der Waals surface area (Å²) in [6.07, 6.45) is 7.29. The first-order valence-corrected chi connectivity index (χ1v) is 12.8. The standard InChI is InChI=1S/C29H34N2O4/c1-3-10-27(32)35-24-19-17-21(18-20-24)29-25(4-2)26(30-31(29)22-11-8-12-22)15-9-16-28(33)34-23-13-6-5-7-14-23/h5-7,13-14,17-20,22H,3-4,8-12,15-16H2,1-2H3. The lowest BCUT2D eigenvalue weighted by atomic mass is 9.92. The van der Waals surface area contributed by atoms with Gasteiger partial charge in [-0.2, -0.15) is 5.10 Å². The number of esters is 2. The fourth-order valence-corrected chi connectivity index (χ4v) is 4.43. The van der Waals surface area contributed by atoms with Crippen LogP contribution in [0.3, 0.4) is 0 Å². The molecule has 0 spiro atoms. The summed E-state index contributed by atoms with van der Waals surface area (Å²) in [6.45, 7) is 4.11. The third kappa shape index (κ3) is 6.18. The molecule has 6 heteroatoms. The summed E-state index contributed by atoms with van der Waals surface area (Å²) in [5, 5.41) is 5.03. The molecule has 0 radical (unpaired) electrons. The maximum Gasteiger partial charge on any atom is 0.311 e. The highest BCUT2D eigenvalue weighted by molar-refractivity contribution is 5.73. The number of rotatable bonds is 11. The van der Waals surface area contributed by atoms with Crippen LogP contribution in [0.1, 0.15) is 76.1 Å². The van der Waals surface area contributed by atoms with Crippen LogP contribution < -0.4 is 9.47 Å². The van der Waals surface area contributed by atoms with Crippen LogP contribution in [0.4, 0.5) is 0 Å². The quantitative estimate of drug-likeness (QED) is 0.235. The Morgan fingerprint density at radius 3 is 2.17 bits per heavy atom. The van der Waals surface area contributed by atoms with Gasteiger partial charge in [0.2, 0.25) is 0 Å². The van der Waals surface area contributed by atoms with Crippen molar-refractivity contribution in [3.8, 4) is 22.8 Å².